The molecule has 22 heavy (non-hydrogen) atoms. The van der Waals surface area contributed by atoms with E-state index in [-0.39, 0.29) is 18.2 Å². The molecule has 0 bridgehead atoms. The number of carbonyl (C=O) groups excluding carboxylic acids is 2. The maximum atomic E-state index is 12.4. The van der Waals surface area contributed by atoms with Gasteiger partial charge >= 0.3 is 0 Å². The van der Waals surface area contributed by atoms with Gasteiger partial charge in [0, 0.05) is 5.56 Å². The van der Waals surface area contributed by atoms with Gasteiger partial charge in [0.2, 0.25) is 0 Å². The summed E-state index contributed by atoms with van der Waals surface area (Å²) in [5.74, 6) is 0.358. The van der Waals surface area contributed by atoms with Gasteiger partial charge in [-0.2, -0.15) is 0 Å². The zero-order chi connectivity index (χ0) is 15.7. The highest BCUT2D eigenvalue weighted by Crippen LogP contribution is 2.34. The van der Waals surface area contributed by atoms with Crippen molar-refractivity contribution in [2.75, 3.05) is 11.4 Å². The first-order chi connectivity index (χ1) is 10.6. The highest BCUT2D eigenvalue weighted by molar-refractivity contribution is 6.08. The fraction of sp³-hybridized carbons (Fsp3) is 0.222. The molecule has 1 heterocycles. The lowest BCUT2D eigenvalue weighted by molar-refractivity contribution is -0.125. The number of ketones is 1. The number of aryl methyl sites for hydroxylation is 1. The first kappa shape index (κ1) is 14.3. The van der Waals surface area contributed by atoms with Crippen LogP contribution in [-0.4, -0.2) is 24.3 Å². The van der Waals surface area contributed by atoms with Gasteiger partial charge in [0.1, 0.15) is 5.75 Å². The number of fused-ring (bicyclic) bond motifs is 1. The molecule has 0 saturated carbocycles. The fourth-order valence-corrected chi connectivity index (χ4v) is 2.54. The molecule has 1 aliphatic heterocycles. The molecule has 1 amide bonds. The van der Waals surface area contributed by atoms with Crippen molar-refractivity contribution in [1.82, 2.24) is 0 Å². The van der Waals surface area contributed by atoms with Gasteiger partial charge in [0.25, 0.3) is 5.91 Å². The number of anilines is 1. The van der Waals surface area contributed by atoms with Crippen molar-refractivity contribution in [1.29, 1.82) is 0 Å². The summed E-state index contributed by atoms with van der Waals surface area (Å²) in [4.78, 5) is 26.4. The number of rotatable bonds is 3. The van der Waals surface area contributed by atoms with E-state index in [4.69, 9.17) is 4.74 Å². The van der Waals surface area contributed by atoms with Gasteiger partial charge in [-0.15, -0.1) is 0 Å². The second-order valence-corrected chi connectivity index (χ2v) is 5.44. The average molecular weight is 295 g/mol. The molecular formula is C18H17NO3. The average Bonchev–Trinajstić information content (AvgIpc) is 2.53. The van der Waals surface area contributed by atoms with Crippen LogP contribution in [0.25, 0.3) is 0 Å². The molecule has 0 radical (unpaired) electrons. The van der Waals surface area contributed by atoms with Gasteiger partial charge in [0.05, 0.1) is 12.2 Å². The Morgan fingerprint density at radius 1 is 1.18 bits per heavy atom. The number of amides is 1. The highest BCUT2D eigenvalue weighted by Gasteiger charge is 2.32. The monoisotopic (exact) mass is 295 g/mol. The van der Waals surface area contributed by atoms with Crippen molar-refractivity contribution in [3.05, 3.63) is 59.7 Å². The molecule has 3 rings (SSSR count). The number of nitrogens with zero attached hydrogens (tertiary/aromatic N) is 1. The summed E-state index contributed by atoms with van der Waals surface area (Å²) in [5, 5.41) is 0. The van der Waals surface area contributed by atoms with E-state index in [9.17, 15) is 9.59 Å². The zero-order valence-electron chi connectivity index (χ0n) is 12.6. The summed E-state index contributed by atoms with van der Waals surface area (Å²) in [7, 11) is 0. The number of hydrogen-bond donors (Lipinski definition) is 0. The second kappa shape index (κ2) is 5.64. The number of carbonyl (C=O) groups is 2. The van der Waals surface area contributed by atoms with Gasteiger partial charge < -0.3 is 4.74 Å². The van der Waals surface area contributed by atoms with Gasteiger partial charge in [-0.05, 0) is 31.5 Å². The fourth-order valence-electron chi connectivity index (χ4n) is 2.54. The maximum Gasteiger partial charge on any atom is 0.268 e. The molecule has 112 valence electrons. The first-order valence-corrected chi connectivity index (χ1v) is 7.23. The molecule has 1 aliphatic rings. The van der Waals surface area contributed by atoms with E-state index in [1.807, 2.05) is 43.3 Å². The molecular weight excluding hydrogens is 278 g/mol. The summed E-state index contributed by atoms with van der Waals surface area (Å²) in [5.41, 5.74) is 2.28. The third-order valence-corrected chi connectivity index (χ3v) is 3.72. The predicted molar refractivity (Wildman–Crippen MR) is 84.4 cm³/mol. The van der Waals surface area contributed by atoms with Gasteiger partial charge in [0.15, 0.2) is 11.9 Å². The minimum Gasteiger partial charge on any atom is -0.479 e. The quantitative estimate of drug-likeness (QED) is 0.818. The molecule has 4 nitrogen and oxygen atoms in total. The lowest BCUT2D eigenvalue weighted by Gasteiger charge is -2.32. The standard InChI is InChI=1S/C18H17NO3/c1-12-8-9-17-15(10-12)19(18(21)13(2)22-17)11-16(20)14-6-4-3-5-7-14/h3-10,13H,11H2,1-2H3/t13-/m0/s1. The summed E-state index contributed by atoms with van der Waals surface area (Å²) in [6.07, 6.45) is -0.584. The van der Waals surface area contributed by atoms with Crippen LogP contribution in [0.1, 0.15) is 22.8 Å². The van der Waals surface area contributed by atoms with Crippen molar-refractivity contribution < 1.29 is 14.3 Å². The Morgan fingerprint density at radius 3 is 2.64 bits per heavy atom. The Kier molecular flexibility index (Phi) is 3.67. The Hall–Kier alpha value is -2.62. The number of Topliss-reactive ketones (excluding diaryl/α,β-unsaturated/α-hetero) is 1. The number of hydrogen-bond acceptors (Lipinski definition) is 3. The summed E-state index contributed by atoms with van der Waals surface area (Å²) < 4.78 is 5.61. The maximum absolute atomic E-state index is 12.4. The van der Waals surface area contributed by atoms with Crippen molar-refractivity contribution >= 4 is 17.4 Å². The van der Waals surface area contributed by atoms with Gasteiger partial charge in [-0.1, -0.05) is 36.4 Å². The Bertz CT molecular complexity index is 724. The molecule has 0 saturated heterocycles. The lowest BCUT2D eigenvalue weighted by Crippen LogP contribution is -2.46. The van der Waals surface area contributed by atoms with Gasteiger partial charge in [-0.3, -0.25) is 14.5 Å². The van der Waals surface area contributed by atoms with Crippen LogP contribution >= 0.6 is 0 Å². The van der Waals surface area contributed by atoms with E-state index in [1.165, 1.54) is 4.90 Å². The molecule has 0 aromatic heterocycles. The van der Waals surface area contributed by atoms with E-state index >= 15 is 0 Å². The SMILES string of the molecule is Cc1ccc2c(c1)N(CC(=O)c1ccccc1)C(=O)[C@H](C)O2. The molecule has 2 aromatic rings. The number of ether oxygens (including phenoxy) is 1. The van der Waals surface area contributed by atoms with E-state index in [1.54, 1.807) is 19.1 Å². The number of benzene rings is 2. The van der Waals surface area contributed by atoms with Crippen LogP contribution in [-0.2, 0) is 4.79 Å². The van der Waals surface area contributed by atoms with E-state index < -0.39 is 6.10 Å². The second-order valence-electron chi connectivity index (χ2n) is 5.44. The molecule has 2 aromatic carbocycles. The Labute approximate surface area is 129 Å². The lowest BCUT2D eigenvalue weighted by atomic mass is 10.1. The molecule has 0 spiro atoms. The zero-order valence-corrected chi connectivity index (χ0v) is 12.6. The van der Waals surface area contributed by atoms with Crippen LogP contribution < -0.4 is 9.64 Å². The minimum atomic E-state index is -0.584. The molecule has 0 aliphatic carbocycles. The summed E-state index contributed by atoms with van der Waals surface area (Å²) >= 11 is 0. The molecule has 4 heteroatoms. The topological polar surface area (TPSA) is 46.6 Å². The van der Waals surface area contributed by atoms with Crippen LogP contribution in [0.2, 0.25) is 0 Å². The van der Waals surface area contributed by atoms with Gasteiger partial charge in [-0.25, -0.2) is 0 Å². The van der Waals surface area contributed by atoms with Crippen molar-refractivity contribution in [2.24, 2.45) is 0 Å². The van der Waals surface area contributed by atoms with E-state index in [2.05, 4.69) is 0 Å². The van der Waals surface area contributed by atoms with E-state index in [0.717, 1.165) is 5.56 Å². The van der Waals surface area contributed by atoms with E-state index in [0.29, 0.717) is 17.0 Å². The van der Waals surface area contributed by atoms with Crippen LogP contribution in [0.5, 0.6) is 5.75 Å². The molecule has 0 N–H and O–H groups in total. The van der Waals surface area contributed by atoms with Crippen LogP contribution in [0.4, 0.5) is 5.69 Å². The minimum absolute atomic E-state index is 0.0208. The third kappa shape index (κ3) is 2.60. The smallest absolute Gasteiger partial charge is 0.268 e. The summed E-state index contributed by atoms with van der Waals surface area (Å²) in [6.45, 7) is 3.66. The largest absolute Gasteiger partial charge is 0.479 e. The third-order valence-electron chi connectivity index (χ3n) is 3.72. The van der Waals surface area contributed by atoms with Crippen LogP contribution in [0, 0.1) is 6.92 Å². The van der Waals surface area contributed by atoms with Crippen molar-refractivity contribution in [3.63, 3.8) is 0 Å². The Balaban J connectivity index is 1.94. The van der Waals surface area contributed by atoms with Crippen LogP contribution in [0.3, 0.4) is 0 Å². The molecule has 0 fully saturated rings. The summed E-state index contributed by atoms with van der Waals surface area (Å²) in [6, 6.07) is 14.6. The molecule has 1 atom stereocenters. The normalized spacial score (nSPS) is 16.9. The Morgan fingerprint density at radius 2 is 1.91 bits per heavy atom. The first-order valence-electron chi connectivity index (χ1n) is 7.23. The van der Waals surface area contributed by atoms with Crippen LogP contribution in [0.15, 0.2) is 48.5 Å². The highest BCUT2D eigenvalue weighted by atomic mass is 16.5. The van der Waals surface area contributed by atoms with Crippen molar-refractivity contribution in [2.45, 2.75) is 20.0 Å². The van der Waals surface area contributed by atoms with Crippen molar-refractivity contribution in [3.8, 4) is 5.75 Å². The predicted octanol–water partition coefficient (Wildman–Crippen LogP) is 2.99. The molecule has 0 unspecified atom stereocenters.